The number of rotatable bonds is 1. The Morgan fingerprint density at radius 3 is 2.56 bits per heavy atom. The van der Waals surface area contributed by atoms with Gasteiger partial charge in [-0.15, -0.1) is 0 Å². The molecular weight excluding hydrogens is 202 g/mol. The van der Waals surface area contributed by atoms with Gasteiger partial charge >= 0.3 is 0 Å². The standard InChI is InChI=1S/C13H21NO2/c15-12-7-6-9-8-11(12)14(13(9)16)10-4-2-1-3-5-10/h9-12,15H,1-8H2. The third-order valence-corrected chi connectivity index (χ3v) is 4.71. The number of amides is 1. The molecule has 2 saturated carbocycles. The molecular formula is C13H21NO2. The summed E-state index contributed by atoms with van der Waals surface area (Å²) in [7, 11) is 0. The Hall–Kier alpha value is -0.570. The fourth-order valence-corrected chi connectivity index (χ4v) is 3.84. The van der Waals surface area contributed by atoms with Gasteiger partial charge in [0, 0.05) is 12.0 Å². The maximum atomic E-state index is 12.2. The van der Waals surface area contributed by atoms with Crippen molar-refractivity contribution in [3.05, 3.63) is 0 Å². The van der Waals surface area contributed by atoms with Crippen LogP contribution in [0, 0.1) is 5.92 Å². The van der Waals surface area contributed by atoms with Crippen LogP contribution in [0.25, 0.3) is 0 Å². The summed E-state index contributed by atoms with van der Waals surface area (Å²) in [6.45, 7) is 0. The van der Waals surface area contributed by atoms with E-state index in [0.717, 1.165) is 32.1 Å². The number of likely N-dealkylation sites (tertiary alicyclic amines) is 1. The molecule has 0 aromatic heterocycles. The second kappa shape index (κ2) is 4.02. The molecule has 1 heterocycles. The number of hydrogen-bond acceptors (Lipinski definition) is 2. The minimum absolute atomic E-state index is 0.148. The fraction of sp³-hybridized carbons (Fsp3) is 0.923. The van der Waals surface area contributed by atoms with Gasteiger partial charge in [-0.25, -0.2) is 0 Å². The van der Waals surface area contributed by atoms with Crippen LogP contribution in [0.1, 0.15) is 51.4 Å². The second-order valence-corrected chi connectivity index (χ2v) is 5.68. The van der Waals surface area contributed by atoms with Gasteiger partial charge in [-0.3, -0.25) is 4.79 Å². The molecule has 1 saturated heterocycles. The summed E-state index contributed by atoms with van der Waals surface area (Å²) in [5.41, 5.74) is 0. The van der Waals surface area contributed by atoms with Crippen molar-refractivity contribution < 1.29 is 9.90 Å². The van der Waals surface area contributed by atoms with Crippen LogP contribution >= 0.6 is 0 Å². The first-order valence-electron chi connectivity index (χ1n) is 6.77. The molecule has 2 bridgehead atoms. The summed E-state index contributed by atoms with van der Waals surface area (Å²) in [4.78, 5) is 14.3. The Kier molecular flexibility index (Phi) is 2.66. The van der Waals surface area contributed by atoms with Crippen molar-refractivity contribution in [3.8, 4) is 0 Å². The topological polar surface area (TPSA) is 40.5 Å². The van der Waals surface area contributed by atoms with E-state index in [1.807, 2.05) is 0 Å². The molecule has 3 aliphatic rings. The van der Waals surface area contributed by atoms with Gasteiger partial charge in [0.15, 0.2) is 0 Å². The van der Waals surface area contributed by atoms with Gasteiger partial charge in [-0.05, 0) is 32.1 Å². The molecule has 0 spiro atoms. The van der Waals surface area contributed by atoms with Crippen molar-refractivity contribution in [1.29, 1.82) is 0 Å². The largest absolute Gasteiger partial charge is 0.391 e. The molecule has 3 fully saturated rings. The number of nitrogens with zero attached hydrogens (tertiary/aromatic N) is 1. The third kappa shape index (κ3) is 1.56. The molecule has 3 heteroatoms. The molecule has 3 nitrogen and oxygen atoms in total. The van der Waals surface area contributed by atoms with Crippen LogP contribution in [0.2, 0.25) is 0 Å². The molecule has 2 aliphatic carbocycles. The van der Waals surface area contributed by atoms with E-state index in [0.29, 0.717) is 11.9 Å². The van der Waals surface area contributed by atoms with Crippen LogP contribution in [0.5, 0.6) is 0 Å². The number of aliphatic hydroxyl groups excluding tert-OH is 1. The molecule has 16 heavy (non-hydrogen) atoms. The lowest BCUT2D eigenvalue weighted by Gasteiger charge is -2.37. The molecule has 0 aromatic carbocycles. The Morgan fingerprint density at radius 2 is 1.81 bits per heavy atom. The Balaban J connectivity index is 1.79. The predicted molar refractivity (Wildman–Crippen MR) is 60.9 cm³/mol. The van der Waals surface area contributed by atoms with Gasteiger partial charge < -0.3 is 10.0 Å². The molecule has 1 N–H and O–H groups in total. The Morgan fingerprint density at radius 1 is 1.06 bits per heavy atom. The monoisotopic (exact) mass is 223 g/mol. The summed E-state index contributed by atoms with van der Waals surface area (Å²) < 4.78 is 0. The van der Waals surface area contributed by atoms with E-state index in [9.17, 15) is 9.90 Å². The van der Waals surface area contributed by atoms with E-state index in [1.165, 1.54) is 19.3 Å². The molecule has 3 atom stereocenters. The van der Waals surface area contributed by atoms with Crippen LogP contribution in [0.4, 0.5) is 0 Å². The Bertz CT molecular complexity index is 286. The van der Waals surface area contributed by atoms with Crippen molar-refractivity contribution in [3.63, 3.8) is 0 Å². The zero-order valence-corrected chi connectivity index (χ0v) is 9.77. The average Bonchev–Trinajstić information content (AvgIpc) is 2.59. The van der Waals surface area contributed by atoms with Crippen LogP contribution in [-0.2, 0) is 4.79 Å². The predicted octanol–water partition coefficient (Wildman–Crippen LogP) is 1.69. The lowest BCUT2D eigenvalue weighted by molar-refractivity contribution is -0.135. The van der Waals surface area contributed by atoms with Crippen molar-refractivity contribution >= 4 is 5.91 Å². The van der Waals surface area contributed by atoms with E-state index in [-0.39, 0.29) is 18.1 Å². The highest BCUT2D eigenvalue weighted by Gasteiger charge is 2.48. The minimum atomic E-state index is -0.260. The maximum Gasteiger partial charge on any atom is 0.226 e. The van der Waals surface area contributed by atoms with Gasteiger partial charge in [0.1, 0.15) is 0 Å². The van der Waals surface area contributed by atoms with E-state index >= 15 is 0 Å². The van der Waals surface area contributed by atoms with Crippen LogP contribution in [-0.4, -0.2) is 34.1 Å². The van der Waals surface area contributed by atoms with Gasteiger partial charge in [0.2, 0.25) is 5.91 Å². The molecule has 1 amide bonds. The fourth-order valence-electron chi connectivity index (χ4n) is 3.84. The highest BCUT2D eigenvalue weighted by molar-refractivity contribution is 5.82. The van der Waals surface area contributed by atoms with Gasteiger partial charge in [-0.1, -0.05) is 19.3 Å². The zero-order chi connectivity index (χ0) is 11.1. The van der Waals surface area contributed by atoms with Gasteiger partial charge in [0.05, 0.1) is 12.1 Å². The average molecular weight is 223 g/mol. The highest BCUT2D eigenvalue weighted by Crippen LogP contribution is 2.40. The smallest absolute Gasteiger partial charge is 0.226 e. The first-order chi connectivity index (χ1) is 7.77. The maximum absolute atomic E-state index is 12.2. The molecule has 3 unspecified atom stereocenters. The lowest BCUT2D eigenvalue weighted by Crippen LogP contribution is -2.47. The zero-order valence-electron chi connectivity index (χ0n) is 9.77. The SMILES string of the molecule is O=C1C2CCC(O)C(C2)N1C1CCCCC1. The van der Waals surface area contributed by atoms with Crippen molar-refractivity contribution in [1.82, 2.24) is 4.90 Å². The van der Waals surface area contributed by atoms with Crippen molar-refractivity contribution in [2.75, 3.05) is 0 Å². The molecule has 0 radical (unpaired) electrons. The minimum Gasteiger partial charge on any atom is -0.391 e. The number of fused-ring (bicyclic) bond motifs is 2. The summed E-state index contributed by atoms with van der Waals surface area (Å²) >= 11 is 0. The summed E-state index contributed by atoms with van der Waals surface area (Å²) in [6, 6.07) is 0.582. The number of aliphatic hydroxyl groups is 1. The first kappa shape index (κ1) is 10.6. The van der Waals surface area contributed by atoms with E-state index in [4.69, 9.17) is 0 Å². The molecule has 1 aliphatic heterocycles. The summed E-state index contributed by atoms with van der Waals surface area (Å²) in [5, 5.41) is 10.0. The van der Waals surface area contributed by atoms with Crippen LogP contribution < -0.4 is 0 Å². The number of carbonyl (C=O) groups is 1. The Labute approximate surface area is 96.8 Å². The third-order valence-electron chi connectivity index (χ3n) is 4.71. The molecule has 3 rings (SSSR count). The lowest BCUT2D eigenvalue weighted by atomic mass is 9.87. The normalized spacial score (nSPS) is 40.4. The molecule has 0 aromatic rings. The van der Waals surface area contributed by atoms with E-state index in [2.05, 4.69) is 4.90 Å². The van der Waals surface area contributed by atoms with Gasteiger partial charge in [-0.2, -0.15) is 0 Å². The van der Waals surface area contributed by atoms with Crippen LogP contribution in [0.3, 0.4) is 0 Å². The van der Waals surface area contributed by atoms with Gasteiger partial charge in [0.25, 0.3) is 0 Å². The number of carbonyl (C=O) groups excluding carboxylic acids is 1. The van der Waals surface area contributed by atoms with E-state index < -0.39 is 0 Å². The van der Waals surface area contributed by atoms with Crippen molar-refractivity contribution in [2.24, 2.45) is 5.92 Å². The quantitative estimate of drug-likeness (QED) is 0.735. The highest BCUT2D eigenvalue weighted by atomic mass is 16.3. The molecule has 90 valence electrons. The van der Waals surface area contributed by atoms with Crippen LogP contribution in [0.15, 0.2) is 0 Å². The van der Waals surface area contributed by atoms with E-state index in [1.54, 1.807) is 0 Å². The second-order valence-electron chi connectivity index (χ2n) is 5.68. The summed E-state index contributed by atoms with van der Waals surface area (Å²) in [5.74, 6) is 0.573. The number of hydrogen-bond donors (Lipinski definition) is 1. The van der Waals surface area contributed by atoms with Crippen molar-refractivity contribution in [2.45, 2.75) is 69.6 Å². The first-order valence-corrected chi connectivity index (χ1v) is 6.77. The summed E-state index contributed by atoms with van der Waals surface area (Å²) in [6.07, 6.45) is 8.51.